The Morgan fingerprint density at radius 2 is 2.43 bits per heavy atom. The third-order valence-electron chi connectivity index (χ3n) is 3.13. The summed E-state index contributed by atoms with van der Waals surface area (Å²) in [5.74, 6) is 0.334. The number of hydrogen-bond donors (Lipinski definition) is 4. The van der Waals surface area contributed by atoms with Gasteiger partial charge in [0.15, 0.2) is 0 Å². The molecule has 1 aromatic heterocycles. The average Bonchev–Trinajstić information content (AvgIpc) is 3.13. The lowest BCUT2D eigenvalue weighted by atomic mass is 10.4. The first-order chi connectivity index (χ1) is 9.97. The molecule has 3 unspecified atom stereocenters. The van der Waals surface area contributed by atoms with Crippen LogP contribution in [0.5, 0.6) is 0 Å². The van der Waals surface area contributed by atoms with E-state index in [-0.39, 0.29) is 36.2 Å². The van der Waals surface area contributed by atoms with Gasteiger partial charge >= 0.3 is 6.03 Å². The van der Waals surface area contributed by atoms with Crippen molar-refractivity contribution in [1.29, 1.82) is 0 Å². The smallest absolute Gasteiger partial charge is 0.321 e. The van der Waals surface area contributed by atoms with Crippen LogP contribution in [0.25, 0.3) is 0 Å². The van der Waals surface area contributed by atoms with E-state index in [1.165, 1.54) is 6.07 Å². The number of nitrogens with zero attached hydrogens (tertiary/aromatic N) is 1. The van der Waals surface area contributed by atoms with Gasteiger partial charge in [0.2, 0.25) is 5.95 Å². The lowest BCUT2D eigenvalue weighted by molar-refractivity contribution is 0.0858. The van der Waals surface area contributed by atoms with Crippen molar-refractivity contribution >= 4 is 12.0 Å². The van der Waals surface area contributed by atoms with Crippen LogP contribution in [0.3, 0.4) is 0 Å². The third-order valence-corrected chi connectivity index (χ3v) is 3.13. The molecule has 1 aliphatic carbocycles. The first-order valence-electron chi connectivity index (χ1n) is 6.86. The van der Waals surface area contributed by atoms with Crippen LogP contribution in [0.15, 0.2) is 10.9 Å². The summed E-state index contributed by atoms with van der Waals surface area (Å²) in [6.45, 7) is 3.98. The second-order valence-corrected chi connectivity index (χ2v) is 5.29. The Bertz CT molecular complexity index is 559. The fourth-order valence-corrected chi connectivity index (χ4v) is 1.93. The molecular weight excluding hydrogens is 276 g/mol. The zero-order chi connectivity index (χ0) is 15.4. The monoisotopic (exact) mass is 296 g/mol. The van der Waals surface area contributed by atoms with E-state index in [0.717, 1.165) is 6.42 Å². The molecule has 1 fully saturated rings. The second kappa shape index (κ2) is 6.68. The van der Waals surface area contributed by atoms with Gasteiger partial charge in [-0.15, -0.1) is 0 Å². The molecule has 2 rings (SSSR count). The summed E-state index contributed by atoms with van der Waals surface area (Å²) in [5, 5.41) is 14.0. The maximum atomic E-state index is 11.7. The zero-order valence-electron chi connectivity index (χ0n) is 12.0. The van der Waals surface area contributed by atoms with E-state index in [2.05, 4.69) is 20.6 Å². The van der Waals surface area contributed by atoms with E-state index in [4.69, 9.17) is 9.84 Å². The van der Waals surface area contributed by atoms with Gasteiger partial charge in [0.05, 0.1) is 18.8 Å². The largest absolute Gasteiger partial charge is 0.396 e. The van der Waals surface area contributed by atoms with Crippen molar-refractivity contribution in [2.75, 3.05) is 18.5 Å². The maximum absolute atomic E-state index is 11.7. The predicted octanol–water partition coefficient (Wildman–Crippen LogP) is -0.0143. The first-order valence-corrected chi connectivity index (χ1v) is 6.86. The number of urea groups is 1. The van der Waals surface area contributed by atoms with Gasteiger partial charge in [-0.1, -0.05) is 0 Å². The number of anilines is 1. The van der Waals surface area contributed by atoms with Crippen LogP contribution in [0, 0.1) is 12.8 Å². The Labute approximate surface area is 121 Å². The SMILES string of the molecule is Cc1cc(=O)[nH]c(NC(=O)NC(C)COC2CC2CO)n1. The molecule has 0 radical (unpaired) electrons. The average molecular weight is 296 g/mol. The number of aliphatic hydroxyl groups excluding tert-OH is 1. The minimum absolute atomic E-state index is 0.0945. The number of H-pyrrole nitrogens is 1. The highest BCUT2D eigenvalue weighted by Gasteiger charge is 2.37. The molecule has 1 aromatic rings. The highest BCUT2D eigenvalue weighted by atomic mass is 16.5. The van der Waals surface area contributed by atoms with Crippen LogP contribution >= 0.6 is 0 Å². The van der Waals surface area contributed by atoms with Crippen LogP contribution in [0.4, 0.5) is 10.7 Å². The topological polar surface area (TPSA) is 116 Å². The molecule has 0 saturated heterocycles. The maximum Gasteiger partial charge on any atom is 0.321 e. The van der Waals surface area contributed by atoms with Crippen molar-refractivity contribution in [3.8, 4) is 0 Å². The molecule has 4 N–H and O–H groups in total. The lowest BCUT2D eigenvalue weighted by Crippen LogP contribution is -2.39. The van der Waals surface area contributed by atoms with E-state index < -0.39 is 6.03 Å². The van der Waals surface area contributed by atoms with Crippen LogP contribution in [-0.4, -0.2) is 46.5 Å². The summed E-state index contributed by atoms with van der Waals surface area (Å²) in [6.07, 6.45) is 0.959. The normalized spacial score (nSPS) is 21.7. The van der Waals surface area contributed by atoms with Gasteiger partial charge in [-0.3, -0.25) is 15.1 Å². The number of aliphatic hydroxyl groups is 1. The number of hydrogen-bond acceptors (Lipinski definition) is 5. The molecule has 3 atom stereocenters. The minimum Gasteiger partial charge on any atom is -0.396 e. The Morgan fingerprint density at radius 3 is 3.05 bits per heavy atom. The molecule has 1 saturated carbocycles. The van der Waals surface area contributed by atoms with E-state index in [1.54, 1.807) is 6.92 Å². The third kappa shape index (κ3) is 4.83. The fraction of sp³-hybridized carbons (Fsp3) is 0.615. The van der Waals surface area contributed by atoms with Crippen molar-refractivity contribution < 1.29 is 14.6 Å². The molecule has 0 spiro atoms. The molecule has 1 aliphatic rings. The molecule has 2 amide bonds. The highest BCUT2D eigenvalue weighted by molar-refractivity contribution is 5.87. The molecule has 1 heterocycles. The van der Waals surface area contributed by atoms with Gasteiger partial charge < -0.3 is 15.2 Å². The molecule has 8 nitrogen and oxygen atoms in total. The van der Waals surface area contributed by atoms with Gasteiger partial charge in [0.1, 0.15) is 0 Å². The van der Waals surface area contributed by atoms with Gasteiger partial charge in [0, 0.05) is 24.3 Å². The molecule has 116 valence electrons. The molecule has 0 aromatic carbocycles. The van der Waals surface area contributed by atoms with E-state index in [9.17, 15) is 9.59 Å². The fourth-order valence-electron chi connectivity index (χ4n) is 1.93. The standard InChI is InChI=1S/C13H20N4O4/c1-7-3-11(19)16-12(14-7)17-13(20)15-8(2)6-21-10-4-9(10)5-18/h3,8-10,18H,4-6H2,1-2H3,(H3,14,15,16,17,19,20). The van der Waals surface area contributed by atoms with Crippen molar-refractivity contribution in [3.63, 3.8) is 0 Å². The number of nitrogens with one attached hydrogen (secondary N) is 3. The van der Waals surface area contributed by atoms with Crippen molar-refractivity contribution in [2.24, 2.45) is 5.92 Å². The Kier molecular flexibility index (Phi) is 4.92. The van der Waals surface area contributed by atoms with Crippen LogP contribution < -0.4 is 16.2 Å². The highest BCUT2D eigenvalue weighted by Crippen LogP contribution is 2.32. The summed E-state index contributed by atoms with van der Waals surface area (Å²) < 4.78 is 5.53. The Balaban J connectivity index is 1.74. The molecule has 8 heteroatoms. The van der Waals surface area contributed by atoms with Crippen LogP contribution in [0.1, 0.15) is 19.0 Å². The number of carbonyl (C=O) groups is 1. The summed E-state index contributed by atoms with van der Waals surface area (Å²) in [4.78, 5) is 29.4. The van der Waals surface area contributed by atoms with Crippen LogP contribution in [0.2, 0.25) is 0 Å². The van der Waals surface area contributed by atoms with Gasteiger partial charge in [-0.2, -0.15) is 0 Å². The second-order valence-electron chi connectivity index (χ2n) is 5.29. The summed E-state index contributed by atoms with van der Waals surface area (Å²) in [7, 11) is 0. The number of amides is 2. The van der Waals surface area contributed by atoms with Gasteiger partial charge in [-0.25, -0.2) is 9.78 Å². The molecule has 0 bridgehead atoms. The molecule has 21 heavy (non-hydrogen) atoms. The van der Waals surface area contributed by atoms with E-state index in [0.29, 0.717) is 12.3 Å². The quantitative estimate of drug-likeness (QED) is 0.589. The number of rotatable bonds is 6. The Hall–Kier alpha value is -1.93. The van der Waals surface area contributed by atoms with Crippen LogP contribution in [-0.2, 0) is 4.74 Å². The van der Waals surface area contributed by atoms with E-state index >= 15 is 0 Å². The Morgan fingerprint density at radius 1 is 1.67 bits per heavy atom. The molecular formula is C13H20N4O4. The zero-order valence-corrected chi connectivity index (χ0v) is 12.0. The van der Waals surface area contributed by atoms with Gasteiger partial charge in [-0.05, 0) is 20.3 Å². The summed E-state index contributed by atoms with van der Waals surface area (Å²) >= 11 is 0. The van der Waals surface area contributed by atoms with Crippen molar-refractivity contribution in [3.05, 3.63) is 22.1 Å². The summed E-state index contributed by atoms with van der Waals surface area (Å²) in [6, 6.07) is 0.683. The number of carbonyl (C=O) groups excluding carboxylic acids is 1. The first kappa shape index (κ1) is 15.5. The number of aromatic amines is 1. The lowest BCUT2D eigenvalue weighted by Gasteiger charge is -2.14. The number of aromatic nitrogens is 2. The van der Waals surface area contributed by atoms with Crippen molar-refractivity contribution in [1.82, 2.24) is 15.3 Å². The minimum atomic E-state index is -0.464. The van der Waals surface area contributed by atoms with E-state index in [1.807, 2.05) is 6.92 Å². The summed E-state index contributed by atoms with van der Waals surface area (Å²) in [5.41, 5.74) is 0.201. The number of aryl methyl sites for hydroxylation is 1. The molecule has 0 aliphatic heterocycles. The predicted molar refractivity (Wildman–Crippen MR) is 76.1 cm³/mol. The van der Waals surface area contributed by atoms with Gasteiger partial charge in [0.25, 0.3) is 5.56 Å². The van der Waals surface area contributed by atoms with Crippen molar-refractivity contribution in [2.45, 2.75) is 32.4 Å². The number of ether oxygens (including phenoxy) is 1.